The van der Waals surface area contributed by atoms with E-state index in [-0.39, 0.29) is 11.6 Å². The molecular weight excluding hydrogens is 212 g/mol. The molecule has 1 aliphatic rings. The van der Waals surface area contributed by atoms with E-state index in [0.717, 1.165) is 0 Å². The van der Waals surface area contributed by atoms with Crippen molar-refractivity contribution >= 4 is 17.3 Å². The molecule has 1 heterocycles. The van der Waals surface area contributed by atoms with Crippen molar-refractivity contribution in [2.75, 3.05) is 11.9 Å². The predicted octanol–water partition coefficient (Wildman–Crippen LogP) is 1.34. The van der Waals surface area contributed by atoms with Crippen molar-refractivity contribution in [3.05, 3.63) is 28.3 Å². The number of hydrogen-bond donors (Lipinski definition) is 0. The number of nitro benzene ring substituents is 1. The van der Waals surface area contributed by atoms with Gasteiger partial charge in [-0.05, 0) is 13.0 Å². The molecule has 0 spiro atoms. The first-order valence-corrected chi connectivity index (χ1v) is 4.73. The van der Waals surface area contributed by atoms with E-state index in [2.05, 4.69) is 0 Å². The van der Waals surface area contributed by atoms with Gasteiger partial charge in [-0.15, -0.1) is 0 Å². The van der Waals surface area contributed by atoms with Gasteiger partial charge < -0.3 is 9.64 Å². The SMILES string of the molecule is CC1Oc2cc([N+](=O)[O-])ccc2N(C)C1=O. The normalized spacial score (nSPS) is 19.0. The summed E-state index contributed by atoms with van der Waals surface area (Å²) >= 11 is 0. The highest BCUT2D eigenvalue weighted by molar-refractivity contribution is 5.99. The maximum atomic E-state index is 11.6. The Hall–Kier alpha value is -2.11. The molecule has 0 bridgehead atoms. The molecule has 2 rings (SSSR count). The number of benzene rings is 1. The quantitative estimate of drug-likeness (QED) is 0.531. The molecule has 0 aliphatic carbocycles. The Morgan fingerprint density at radius 2 is 2.19 bits per heavy atom. The summed E-state index contributed by atoms with van der Waals surface area (Å²) in [6.45, 7) is 1.61. The van der Waals surface area contributed by atoms with Crippen LogP contribution in [0.15, 0.2) is 18.2 Å². The van der Waals surface area contributed by atoms with Gasteiger partial charge in [-0.3, -0.25) is 14.9 Å². The first-order valence-electron chi connectivity index (χ1n) is 4.73. The van der Waals surface area contributed by atoms with Gasteiger partial charge >= 0.3 is 0 Å². The van der Waals surface area contributed by atoms with Crippen LogP contribution in [-0.4, -0.2) is 24.0 Å². The highest BCUT2D eigenvalue weighted by atomic mass is 16.6. The number of nitrogens with zero attached hydrogens (tertiary/aromatic N) is 2. The summed E-state index contributed by atoms with van der Waals surface area (Å²) in [6.07, 6.45) is -0.612. The average molecular weight is 222 g/mol. The van der Waals surface area contributed by atoms with Crippen molar-refractivity contribution in [1.82, 2.24) is 0 Å². The van der Waals surface area contributed by atoms with Gasteiger partial charge in [0.25, 0.3) is 11.6 Å². The van der Waals surface area contributed by atoms with Crippen LogP contribution >= 0.6 is 0 Å². The molecule has 0 saturated carbocycles. The van der Waals surface area contributed by atoms with Crippen LogP contribution in [0.25, 0.3) is 0 Å². The Kier molecular flexibility index (Phi) is 2.26. The number of non-ortho nitro benzene ring substituents is 1. The lowest BCUT2D eigenvalue weighted by molar-refractivity contribution is -0.384. The minimum Gasteiger partial charge on any atom is -0.478 e. The molecule has 16 heavy (non-hydrogen) atoms. The van der Waals surface area contributed by atoms with Crippen LogP contribution in [0.5, 0.6) is 5.75 Å². The molecule has 1 aromatic rings. The fourth-order valence-electron chi connectivity index (χ4n) is 1.62. The molecule has 0 aromatic heterocycles. The number of carbonyl (C=O) groups excluding carboxylic acids is 1. The second kappa shape index (κ2) is 3.48. The molecule has 0 saturated heterocycles. The van der Waals surface area contributed by atoms with Crippen molar-refractivity contribution in [1.29, 1.82) is 0 Å². The monoisotopic (exact) mass is 222 g/mol. The van der Waals surface area contributed by atoms with Crippen LogP contribution < -0.4 is 9.64 Å². The molecule has 1 amide bonds. The van der Waals surface area contributed by atoms with Crippen LogP contribution in [0.4, 0.5) is 11.4 Å². The second-order valence-corrected chi connectivity index (χ2v) is 3.57. The number of amides is 1. The Bertz CT molecular complexity index is 472. The van der Waals surface area contributed by atoms with E-state index in [9.17, 15) is 14.9 Å². The highest BCUT2D eigenvalue weighted by Crippen LogP contribution is 2.35. The average Bonchev–Trinajstić information content (AvgIpc) is 2.25. The predicted molar refractivity (Wildman–Crippen MR) is 56.6 cm³/mol. The number of likely N-dealkylation sites (N-methyl/N-ethyl adjacent to an activating group) is 1. The molecule has 6 heteroatoms. The molecular formula is C10H10N2O4. The molecule has 0 N–H and O–H groups in total. The number of fused-ring (bicyclic) bond motifs is 1. The Balaban J connectivity index is 2.49. The zero-order valence-corrected chi connectivity index (χ0v) is 8.84. The fourth-order valence-corrected chi connectivity index (χ4v) is 1.62. The molecule has 6 nitrogen and oxygen atoms in total. The number of nitro groups is 1. The van der Waals surface area contributed by atoms with E-state index in [1.54, 1.807) is 14.0 Å². The number of anilines is 1. The lowest BCUT2D eigenvalue weighted by atomic mass is 10.2. The summed E-state index contributed by atoms with van der Waals surface area (Å²) in [4.78, 5) is 23.1. The first-order chi connectivity index (χ1) is 7.50. The van der Waals surface area contributed by atoms with Crippen LogP contribution in [0.1, 0.15) is 6.92 Å². The zero-order chi connectivity index (χ0) is 11.9. The molecule has 84 valence electrons. The van der Waals surface area contributed by atoms with E-state index in [4.69, 9.17) is 4.74 Å². The van der Waals surface area contributed by atoms with Gasteiger partial charge in [0.1, 0.15) is 0 Å². The standard InChI is InChI=1S/C10H10N2O4/c1-6-10(13)11(2)8-4-3-7(12(14)15)5-9(8)16-6/h3-6H,1-2H3. The molecule has 1 unspecified atom stereocenters. The van der Waals surface area contributed by atoms with Gasteiger partial charge in [0.05, 0.1) is 16.7 Å². The summed E-state index contributed by atoms with van der Waals surface area (Å²) in [7, 11) is 1.62. The maximum Gasteiger partial charge on any atom is 0.273 e. The first kappa shape index (κ1) is 10.4. The number of carbonyl (C=O) groups is 1. The van der Waals surface area contributed by atoms with Crippen LogP contribution in [0.2, 0.25) is 0 Å². The summed E-state index contributed by atoms with van der Waals surface area (Å²) in [6, 6.07) is 4.19. The van der Waals surface area contributed by atoms with Gasteiger partial charge in [-0.2, -0.15) is 0 Å². The minimum absolute atomic E-state index is 0.0475. The Labute approximate surface area is 91.6 Å². The largest absolute Gasteiger partial charge is 0.478 e. The summed E-state index contributed by atoms with van der Waals surface area (Å²) in [5.41, 5.74) is 0.502. The van der Waals surface area contributed by atoms with Gasteiger partial charge in [0.2, 0.25) is 0 Å². The van der Waals surface area contributed by atoms with Crippen molar-refractivity contribution in [2.24, 2.45) is 0 Å². The second-order valence-electron chi connectivity index (χ2n) is 3.57. The van der Waals surface area contributed by atoms with Crippen molar-refractivity contribution < 1.29 is 14.5 Å². The van der Waals surface area contributed by atoms with Gasteiger partial charge in [-0.1, -0.05) is 0 Å². The smallest absolute Gasteiger partial charge is 0.273 e. The van der Waals surface area contributed by atoms with E-state index in [0.29, 0.717) is 11.4 Å². The van der Waals surface area contributed by atoms with Gasteiger partial charge in [-0.25, -0.2) is 0 Å². The fraction of sp³-hybridized carbons (Fsp3) is 0.300. The van der Waals surface area contributed by atoms with E-state index < -0.39 is 11.0 Å². The number of hydrogen-bond acceptors (Lipinski definition) is 4. The maximum absolute atomic E-state index is 11.6. The molecule has 1 atom stereocenters. The van der Waals surface area contributed by atoms with Crippen molar-refractivity contribution in [3.8, 4) is 5.75 Å². The molecule has 1 aromatic carbocycles. The topological polar surface area (TPSA) is 72.7 Å². The van der Waals surface area contributed by atoms with Crippen molar-refractivity contribution in [2.45, 2.75) is 13.0 Å². The van der Waals surface area contributed by atoms with E-state index >= 15 is 0 Å². The molecule has 1 aliphatic heterocycles. The Morgan fingerprint density at radius 1 is 1.50 bits per heavy atom. The van der Waals surface area contributed by atoms with Crippen LogP contribution in [0, 0.1) is 10.1 Å². The number of rotatable bonds is 1. The summed E-state index contributed by atoms with van der Waals surface area (Å²) in [5, 5.41) is 10.6. The minimum atomic E-state index is -0.612. The lowest BCUT2D eigenvalue weighted by Gasteiger charge is -2.29. The van der Waals surface area contributed by atoms with E-state index in [1.165, 1.54) is 23.1 Å². The Morgan fingerprint density at radius 3 is 2.81 bits per heavy atom. The third kappa shape index (κ3) is 1.48. The zero-order valence-electron chi connectivity index (χ0n) is 8.84. The van der Waals surface area contributed by atoms with Crippen LogP contribution in [0.3, 0.4) is 0 Å². The van der Waals surface area contributed by atoms with Gasteiger partial charge in [0, 0.05) is 13.1 Å². The highest BCUT2D eigenvalue weighted by Gasteiger charge is 2.29. The lowest BCUT2D eigenvalue weighted by Crippen LogP contribution is -2.41. The number of ether oxygens (including phenoxy) is 1. The molecule has 0 fully saturated rings. The summed E-state index contributed by atoms with van der Waals surface area (Å²) < 4.78 is 5.31. The third-order valence-corrected chi connectivity index (χ3v) is 2.50. The van der Waals surface area contributed by atoms with E-state index in [1.807, 2.05) is 0 Å². The van der Waals surface area contributed by atoms with Gasteiger partial charge in [0.15, 0.2) is 11.9 Å². The molecule has 0 radical (unpaired) electrons. The van der Waals surface area contributed by atoms with Crippen molar-refractivity contribution in [3.63, 3.8) is 0 Å². The summed E-state index contributed by atoms with van der Waals surface area (Å²) in [5.74, 6) is 0.199. The van der Waals surface area contributed by atoms with Crippen LogP contribution in [-0.2, 0) is 4.79 Å². The third-order valence-electron chi connectivity index (χ3n) is 2.50.